The fourth-order valence-corrected chi connectivity index (χ4v) is 2.68. The summed E-state index contributed by atoms with van der Waals surface area (Å²) in [7, 11) is 0. The minimum Gasteiger partial charge on any atom is -0.389 e. The minimum atomic E-state index is -0.417. The Balaban J connectivity index is 2.47. The lowest BCUT2D eigenvalue weighted by Gasteiger charge is -2.47. The van der Waals surface area contributed by atoms with Crippen LogP contribution in [0.25, 0.3) is 0 Å². The van der Waals surface area contributed by atoms with Crippen LogP contribution < -0.4 is 0 Å². The van der Waals surface area contributed by atoms with Gasteiger partial charge < -0.3 is 14.6 Å². The van der Waals surface area contributed by atoms with Gasteiger partial charge in [0.15, 0.2) is 0 Å². The van der Waals surface area contributed by atoms with E-state index in [2.05, 4.69) is 32.6 Å². The molecular weight excluding hydrogens is 218 g/mol. The second kappa shape index (κ2) is 5.65. The molecule has 1 aliphatic heterocycles. The molecule has 1 fully saturated rings. The summed E-state index contributed by atoms with van der Waals surface area (Å²) < 4.78 is 11.2. The van der Waals surface area contributed by atoms with Crippen LogP contribution in [-0.4, -0.2) is 60.2 Å². The fraction of sp³-hybridized carbons (Fsp3) is 1.00. The van der Waals surface area contributed by atoms with E-state index in [0.717, 1.165) is 13.1 Å². The maximum Gasteiger partial charge on any atom is 0.0900 e. The zero-order valence-corrected chi connectivity index (χ0v) is 11.8. The van der Waals surface area contributed by atoms with Crippen molar-refractivity contribution in [1.29, 1.82) is 0 Å². The molecule has 0 aromatic carbocycles. The van der Waals surface area contributed by atoms with Gasteiger partial charge in [0.05, 0.1) is 23.9 Å². The molecule has 0 aliphatic carbocycles. The van der Waals surface area contributed by atoms with Gasteiger partial charge in [-0.1, -0.05) is 0 Å². The Kier molecular flexibility index (Phi) is 4.95. The van der Waals surface area contributed by atoms with Gasteiger partial charge in [-0.3, -0.25) is 4.90 Å². The molecule has 0 spiro atoms. The van der Waals surface area contributed by atoms with Crippen LogP contribution in [0.4, 0.5) is 0 Å². The number of rotatable bonds is 5. The summed E-state index contributed by atoms with van der Waals surface area (Å²) in [4.78, 5) is 2.26. The first-order valence-electron chi connectivity index (χ1n) is 6.42. The number of ether oxygens (including phenoxy) is 2. The highest BCUT2D eigenvalue weighted by Crippen LogP contribution is 2.27. The summed E-state index contributed by atoms with van der Waals surface area (Å²) in [5.41, 5.74) is -0.319. The number of morpholine rings is 1. The molecule has 0 saturated carbocycles. The number of aliphatic hydroxyl groups excluding tert-OH is 1. The van der Waals surface area contributed by atoms with E-state index in [1.807, 2.05) is 6.92 Å². The van der Waals surface area contributed by atoms with E-state index in [0.29, 0.717) is 19.8 Å². The highest BCUT2D eigenvalue weighted by atomic mass is 16.5. The van der Waals surface area contributed by atoms with Crippen molar-refractivity contribution in [3.63, 3.8) is 0 Å². The Morgan fingerprint density at radius 2 is 1.76 bits per heavy atom. The number of β-amino-alcohol motifs (C(OH)–C–C–N with tert-alkyl or cyclic N) is 1. The van der Waals surface area contributed by atoms with Crippen LogP contribution in [0.3, 0.4) is 0 Å². The van der Waals surface area contributed by atoms with E-state index < -0.39 is 6.10 Å². The Labute approximate surface area is 105 Å². The van der Waals surface area contributed by atoms with Gasteiger partial charge in [-0.25, -0.2) is 0 Å². The van der Waals surface area contributed by atoms with E-state index in [1.165, 1.54) is 0 Å². The Bertz CT molecular complexity index is 225. The first-order chi connectivity index (χ1) is 7.74. The standard InChI is InChI=1S/C13H27NO3/c1-6-16-8-11(15)7-14-9-12(2,3)17-13(4,5)10-14/h11,15H,6-10H2,1-5H3. The van der Waals surface area contributed by atoms with Crippen LogP contribution >= 0.6 is 0 Å². The van der Waals surface area contributed by atoms with Crippen LogP contribution in [0.5, 0.6) is 0 Å². The molecule has 4 nitrogen and oxygen atoms in total. The van der Waals surface area contributed by atoms with Crippen LogP contribution in [0, 0.1) is 0 Å². The van der Waals surface area contributed by atoms with Crippen molar-refractivity contribution >= 4 is 0 Å². The quantitative estimate of drug-likeness (QED) is 0.792. The summed E-state index contributed by atoms with van der Waals surface area (Å²) in [6, 6.07) is 0. The van der Waals surface area contributed by atoms with Crippen molar-refractivity contribution in [3.8, 4) is 0 Å². The average molecular weight is 245 g/mol. The topological polar surface area (TPSA) is 41.9 Å². The molecular formula is C13H27NO3. The van der Waals surface area contributed by atoms with Gasteiger partial charge in [0.25, 0.3) is 0 Å². The summed E-state index contributed by atoms with van der Waals surface area (Å²) in [6.07, 6.45) is -0.417. The maximum absolute atomic E-state index is 9.87. The van der Waals surface area contributed by atoms with Gasteiger partial charge >= 0.3 is 0 Å². The largest absolute Gasteiger partial charge is 0.389 e. The molecule has 1 saturated heterocycles. The third-order valence-electron chi connectivity index (χ3n) is 2.74. The molecule has 17 heavy (non-hydrogen) atoms. The van der Waals surface area contributed by atoms with E-state index in [4.69, 9.17) is 9.47 Å². The molecule has 0 aromatic heterocycles. The number of hydrogen-bond acceptors (Lipinski definition) is 4. The van der Waals surface area contributed by atoms with Crippen LogP contribution in [0.1, 0.15) is 34.6 Å². The Hall–Kier alpha value is -0.160. The smallest absolute Gasteiger partial charge is 0.0900 e. The SMILES string of the molecule is CCOCC(O)CN1CC(C)(C)OC(C)(C)C1. The minimum absolute atomic E-state index is 0.160. The zero-order chi connectivity index (χ0) is 13.1. The van der Waals surface area contributed by atoms with E-state index in [1.54, 1.807) is 0 Å². The number of nitrogens with zero attached hydrogens (tertiary/aromatic N) is 1. The van der Waals surface area contributed by atoms with Gasteiger partial charge in [0.1, 0.15) is 0 Å². The molecule has 0 aromatic rings. The molecule has 4 heteroatoms. The summed E-state index contributed by atoms with van der Waals surface area (Å²) >= 11 is 0. The monoisotopic (exact) mass is 245 g/mol. The zero-order valence-electron chi connectivity index (χ0n) is 11.8. The Morgan fingerprint density at radius 1 is 1.24 bits per heavy atom. The molecule has 1 rings (SSSR count). The lowest BCUT2D eigenvalue weighted by Crippen LogP contribution is -2.58. The van der Waals surface area contributed by atoms with E-state index in [-0.39, 0.29) is 11.2 Å². The molecule has 102 valence electrons. The van der Waals surface area contributed by atoms with Crippen molar-refractivity contribution in [2.75, 3.05) is 32.8 Å². The van der Waals surface area contributed by atoms with Gasteiger partial charge in [0.2, 0.25) is 0 Å². The predicted octanol–water partition coefficient (Wildman–Crippen LogP) is 1.27. The average Bonchev–Trinajstić information content (AvgIpc) is 2.09. The van der Waals surface area contributed by atoms with Gasteiger partial charge in [-0.2, -0.15) is 0 Å². The second-order valence-electron chi connectivity index (χ2n) is 6.10. The molecule has 1 heterocycles. The first-order valence-corrected chi connectivity index (χ1v) is 6.42. The number of hydrogen-bond donors (Lipinski definition) is 1. The normalized spacial score (nSPS) is 25.8. The van der Waals surface area contributed by atoms with Crippen molar-refractivity contribution in [2.45, 2.75) is 51.9 Å². The van der Waals surface area contributed by atoms with Crippen LogP contribution in [0.15, 0.2) is 0 Å². The van der Waals surface area contributed by atoms with Crippen molar-refractivity contribution in [3.05, 3.63) is 0 Å². The highest BCUT2D eigenvalue weighted by Gasteiger charge is 2.38. The van der Waals surface area contributed by atoms with E-state index >= 15 is 0 Å². The third kappa shape index (κ3) is 5.34. The second-order valence-corrected chi connectivity index (χ2v) is 6.10. The number of aliphatic hydroxyl groups is 1. The highest BCUT2D eigenvalue weighted by molar-refractivity contribution is 4.89. The lowest BCUT2D eigenvalue weighted by molar-refractivity contribution is -0.184. The fourth-order valence-electron chi connectivity index (χ4n) is 2.68. The van der Waals surface area contributed by atoms with Crippen molar-refractivity contribution in [2.24, 2.45) is 0 Å². The predicted molar refractivity (Wildman–Crippen MR) is 68.2 cm³/mol. The summed E-state index contributed by atoms with van der Waals surface area (Å²) in [6.45, 7) is 13.7. The Morgan fingerprint density at radius 3 is 2.24 bits per heavy atom. The van der Waals surface area contributed by atoms with Crippen LogP contribution in [0.2, 0.25) is 0 Å². The van der Waals surface area contributed by atoms with Gasteiger partial charge in [-0.15, -0.1) is 0 Å². The first kappa shape index (κ1) is 14.9. The molecule has 1 aliphatic rings. The van der Waals surface area contributed by atoms with Gasteiger partial charge in [0, 0.05) is 26.2 Å². The third-order valence-corrected chi connectivity index (χ3v) is 2.74. The lowest BCUT2D eigenvalue weighted by atomic mass is 9.98. The van der Waals surface area contributed by atoms with Gasteiger partial charge in [-0.05, 0) is 34.6 Å². The molecule has 0 amide bonds. The van der Waals surface area contributed by atoms with Crippen molar-refractivity contribution < 1.29 is 14.6 Å². The molecule has 1 N–H and O–H groups in total. The maximum atomic E-state index is 9.87. The van der Waals surface area contributed by atoms with E-state index in [9.17, 15) is 5.11 Å². The molecule has 0 radical (unpaired) electrons. The summed E-state index contributed by atoms with van der Waals surface area (Å²) in [5, 5.41) is 9.87. The molecule has 1 unspecified atom stereocenters. The summed E-state index contributed by atoms with van der Waals surface area (Å²) in [5.74, 6) is 0. The van der Waals surface area contributed by atoms with Crippen LogP contribution in [-0.2, 0) is 9.47 Å². The molecule has 0 bridgehead atoms. The molecule has 1 atom stereocenters. The van der Waals surface area contributed by atoms with Crippen molar-refractivity contribution in [1.82, 2.24) is 4.90 Å².